The van der Waals surface area contributed by atoms with Gasteiger partial charge in [0, 0.05) is 30.3 Å². The smallest absolute Gasteiger partial charge is 0.351 e. The highest BCUT2D eigenvalue weighted by molar-refractivity contribution is 7.99. The molecule has 10 heteroatoms. The van der Waals surface area contributed by atoms with Crippen LogP contribution in [0.25, 0.3) is 16.7 Å². The van der Waals surface area contributed by atoms with Crippen LogP contribution >= 0.6 is 11.8 Å². The van der Waals surface area contributed by atoms with Crippen molar-refractivity contribution >= 4 is 45.9 Å². The summed E-state index contributed by atoms with van der Waals surface area (Å²) >= 11 is 1.88. The normalized spacial score (nSPS) is 14.3. The number of nitrogens with zero attached hydrogens (tertiary/aromatic N) is 5. The molecule has 8 nitrogen and oxygen atoms in total. The van der Waals surface area contributed by atoms with Gasteiger partial charge < -0.3 is 10.2 Å². The number of fused-ring (bicyclic) bond motifs is 3. The summed E-state index contributed by atoms with van der Waals surface area (Å²) < 4.78 is 15.7. The molecule has 0 saturated carbocycles. The number of carbonyl (C=O) groups is 1. The summed E-state index contributed by atoms with van der Waals surface area (Å²) in [5, 5.41) is 7.13. The van der Waals surface area contributed by atoms with Gasteiger partial charge >= 0.3 is 5.69 Å². The van der Waals surface area contributed by atoms with E-state index in [0.29, 0.717) is 28.2 Å². The van der Waals surface area contributed by atoms with Crippen molar-refractivity contribution in [1.29, 1.82) is 0 Å². The molecule has 3 heterocycles. The molecule has 2 aromatic carbocycles. The van der Waals surface area contributed by atoms with E-state index in [0.717, 1.165) is 29.3 Å². The number of amides is 1. The van der Waals surface area contributed by atoms with E-state index < -0.39 is 17.4 Å². The van der Waals surface area contributed by atoms with Crippen molar-refractivity contribution in [1.82, 2.24) is 19.2 Å². The quantitative estimate of drug-likeness (QED) is 0.527. The molecule has 2 aromatic heterocycles. The molecule has 0 bridgehead atoms. The van der Waals surface area contributed by atoms with Crippen molar-refractivity contribution in [2.75, 3.05) is 34.8 Å². The Bertz CT molecular complexity index is 1330. The standard InChI is InChI=1S/C21H19FN6O2S/c22-14-5-7-15(8-6-14)23-18(29)13-27-21(30)28-17-4-2-1-3-16(17)24-19(20(28)25-27)26-9-11-31-12-10-26/h1-8H,9-13H2,(H,23,29). The Hall–Kier alpha value is -3.40. The lowest BCUT2D eigenvalue weighted by molar-refractivity contribution is -0.117. The first-order chi connectivity index (χ1) is 15.1. The van der Waals surface area contributed by atoms with E-state index in [1.54, 1.807) is 0 Å². The summed E-state index contributed by atoms with van der Waals surface area (Å²) in [7, 11) is 0. The second-order valence-electron chi connectivity index (χ2n) is 7.18. The molecule has 1 N–H and O–H groups in total. The van der Waals surface area contributed by atoms with Gasteiger partial charge in [0.25, 0.3) is 0 Å². The van der Waals surface area contributed by atoms with E-state index in [9.17, 15) is 14.0 Å². The van der Waals surface area contributed by atoms with Gasteiger partial charge in [-0.3, -0.25) is 4.79 Å². The van der Waals surface area contributed by atoms with Crippen molar-refractivity contribution in [3.63, 3.8) is 0 Å². The first-order valence-electron chi connectivity index (χ1n) is 9.86. The van der Waals surface area contributed by atoms with Crippen LogP contribution in [0.15, 0.2) is 53.3 Å². The van der Waals surface area contributed by atoms with Crippen LogP contribution in [0, 0.1) is 5.82 Å². The summed E-state index contributed by atoms with van der Waals surface area (Å²) in [6, 6.07) is 12.8. The van der Waals surface area contributed by atoms with Crippen molar-refractivity contribution in [2.24, 2.45) is 0 Å². The van der Waals surface area contributed by atoms with E-state index in [4.69, 9.17) is 4.98 Å². The van der Waals surface area contributed by atoms with Gasteiger partial charge in [-0.2, -0.15) is 11.8 Å². The van der Waals surface area contributed by atoms with Crippen LogP contribution in [0.3, 0.4) is 0 Å². The molecule has 4 aromatic rings. The molecule has 0 aliphatic carbocycles. The minimum absolute atomic E-state index is 0.262. The molecule has 5 rings (SSSR count). The number of anilines is 2. The maximum atomic E-state index is 13.2. The number of para-hydroxylation sites is 2. The summed E-state index contributed by atoms with van der Waals surface area (Å²) in [6.07, 6.45) is 0. The summed E-state index contributed by atoms with van der Waals surface area (Å²) in [4.78, 5) is 32.6. The molecule has 0 radical (unpaired) electrons. The Kier molecular flexibility index (Phi) is 5.06. The molecule has 0 atom stereocenters. The Balaban J connectivity index is 1.55. The number of hydrogen-bond donors (Lipinski definition) is 1. The Morgan fingerprint density at radius 2 is 1.84 bits per heavy atom. The van der Waals surface area contributed by atoms with Gasteiger partial charge in [-0.05, 0) is 36.4 Å². The number of thioether (sulfide) groups is 1. The Morgan fingerprint density at radius 3 is 2.61 bits per heavy atom. The second-order valence-corrected chi connectivity index (χ2v) is 8.40. The third-order valence-corrected chi connectivity index (χ3v) is 6.06. The van der Waals surface area contributed by atoms with E-state index >= 15 is 0 Å². The van der Waals surface area contributed by atoms with Crippen molar-refractivity contribution < 1.29 is 9.18 Å². The molecule has 1 aliphatic heterocycles. The second kappa shape index (κ2) is 8.03. The Labute approximate surface area is 180 Å². The van der Waals surface area contributed by atoms with Crippen LogP contribution in [0.2, 0.25) is 0 Å². The first-order valence-corrected chi connectivity index (χ1v) is 11.0. The zero-order valence-electron chi connectivity index (χ0n) is 16.5. The van der Waals surface area contributed by atoms with Crippen LogP contribution in [0.1, 0.15) is 0 Å². The molecule has 1 saturated heterocycles. The molecule has 1 aliphatic rings. The lowest BCUT2D eigenvalue weighted by Gasteiger charge is -2.27. The van der Waals surface area contributed by atoms with Gasteiger partial charge in [-0.1, -0.05) is 12.1 Å². The molecule has 158 valence electrons. The number of halogens is 1. The van der Waals surface area contributed by atoms with Crippen molar-refractivity contribution in [3.8, 4) is 0 Å². The maximum absolute atomic E-state index is 13.2. The number of rotatable bonds is 4. The van der Waals surface area contributed by atoms with E-state index in [-0.39, 0.29) is 6.54 Å². The van der Waals surface area contributed by atoms with Crippen LogP contribution in [-0.4, -0.2) is 49.7 Å². The average molecular weight is 438 g/mol. The van der Waals surface area contributed by atoms with Gasteiger partial charge in [-0.25, -0.2) is 23.3 Å². The number of aromatic nitrogens is 4. The third kappa shape index (κ3) is 3.74. The summed E-state index contributed by atoms with van der Waals surface area (Å²) in [6.45, 7) is 1.37. The van der Waals surface area contributed by atoms with Gasteiger partial charge in [0.1, 0.15) is 12.4 Å². The van der Waals surface area contributed by atoms with Crippen LogP contribution in [-0.2, 0) is 11.3 Å². The van der Waals surface area contributed by atoms with Crippen LogP contribution in [0.4, 0.5) is 15.9 Å². The first kappa shape index (κ1) is 19.6. The maximum Gasteiger partial charge on any atom is 0.351 e. The zero-order chi connectivity index (χ0) is 21.4. The third-order valence-electron chi connectivity index (χ3n) is 5.12. The topological polar surface area (TPSA) is 84.5 Å². The van der Waals surface area contributed by atoms with Crippen molar-refractivity contribution in [3.05, 3.63) is 64.8 Å². The van der Waals surface area contributed by atoms with Gasteiger partial charge in [0.15, 0.2) is 5.82 Å². The van der Waals surface area contributed by atoms with Crippen molar-refractivity contribution in [2.45, 2.75) is 6.54 Å². The van der Waals surface area contributed by atoms with E-state index in [1.165, 1.54) is 28.7 Å². The number of benzene rings is 2. The Morgan fingerprint density at radius 1 is 1.10 bits per heavy atom. The largest absolute Gasteiger partial charge is 0.352 e. The molecule has 0 spiro atoms. The van der Waals surface area contributed by atoms with Crippen LogP contribution < -0.4 is 15.9 Å². The fourth-order valence-electron chi connectivity index (χ4n) is 3.64. The molecular weight excluding hydrogens is 419 g/mol. The van der Waals surface area contributed by atoms with Gasteiger partial charge in [-0.15, -0.1) is 5.10 Å². The number of hydrogen-bond acceptors (Lipinski definition) is 6. The van der Waals surface area contributed by atoms with E-state index in [2.05, 4.69) is 15.3 Å². The van der Waals surface area contributed by atoms with Gasteiger partial charge in [0.2, 0.25) is 11.6 Å². The lowest BCUT2D eigenvalue weighted by atomic mass is 10.3. The molecule has 1 fully saturated rings. The number of nitrogens with one attached hydrogen (secondary N) is 1. The fourth-order valence-corrected chi connectivity index (χ4v) is 4.54. The minimum atomic E-state index is -0.426. The summed E-state index contributed by atoms with van der Waals surface area (Å²) in [5.74, 6) is 1.79. The zero-order valence-corrected chi connectivity index (χ0v) is 17.3. The predicted molar refractivity (Wildman–Crippen MR) is 119 cm³/mol. The monoisotopic (exact) mass is 438 g/mol. The highest BCUT2D eigenvalue weighted by Crippen LogP contribution is 2.24. The predicted octanol–water partition coefficient (Wildman–Crippen LogP) is 2.38. The SMILES string of the molecule is O=C(Cn1nc2c(N3CCSCC3)nc3ccccc3n2c1=O)Nc1ccc(F)cc1. The van der Waals surface area contributed by atoms with E-state index in [1.807, 2.05) is 36.0 Å². The summed E-state index contributed by atoms with van der Waals surface area (Å²) in [5.41, 5.74) is 1.81. The average Bonchev–Trinajstić information content (AvgIpc) is 3.11. The van der Waals surface area contributed by atoms with Gasteiger partial charge in [0.05, 0.1) is 11.0 Å². The molecule has 31 heavy (non-hydrogen) atoms. The highest BCUT2D eigenvalue weighted by Gasteiger charge is 2.22. The molecule has 1 amide bonds. The fraction of sp³-hybridized carbons (Fsp3) is 0.238. The minimum Gasteiger partial charge on any atom is -0.352 e. The molecule has 0 unspecified atom stereocenters. The molecular formula is C21H19FN6O2S. The highest BCUT2D eigenvalue weighted by atomic mass is 32.2. The van der Waals surface area contributed by atoms with Crippen LogP contribution in [0.5, 0.6) is 0 Å². The number of carbonyl (C=O) groups excluding carboxylic acids is 1. The lowest BCUT2D eigenvalue weighted by Crippen LogP contribution is -2.33.